The van der Waals surface area contributed by atoms with Crippen molar-refractivity contribution >= 4 is 39.6 Å². The van der Waals surface area contributed by atoms with E-state index in [9.17, 15) is 4.79 Å². The molecule has 0 unspecified atom stereocenters. The lowest BCUT2D eigenvalue weighted by Crippen LogP contribution is -2.01. The first-order chi connectivity index (χ1) is 7.63. The van der Waals surface area contributed by atoms with Crippen LogP contribution >= 0.6 is 27.5 Å². The fourth-order valence-corrected chi connectivity index (χ4v) is 1.76. The third kappa shape index (κ3) is 4.37. The minimum Gasteiger partial charge on any atom is -0.481 e. The quantitative estimate of drug-likeness (QED) is 0.841. The minimum atomic E-state index is -0.836. The summed E-state index contributed by atoms with van der Waals surface area (Å²) >= 11 is 9.20. The molecule has 0 aliphatic heterocycles. The molecule has 0 fully saturated rings. The molecule has 1 aromatic rings. The van der Waals surface area contributed by atoms with Gasteiger partial charge in [0.2, 0.25) is 0 Å². The van der Waals surface area contributed by atoms with Crippen LogP contribution in [0.15, 0.2) is 24.3 Å². The first-order valence-corrected chi connectivity index (χ1v) is 6.36. The molecule has 0 amide bonds. The van der Waals surface area contributed by atoms with Gasteiger partial charge in [0.05, 0.1) is 6.42 Å². The van der Waals surface area contributed by atoms with Crippen molar-refractivity contribution in [3.8, 4) is 0 Å². The van der Waals surface area contributed by atoms with Gasteiger partial charge < -0.3 is 5.11 Å². The second kappa shape index (κ2) is 6.71. The van der Waals surface area contributed by atoms with Gasteiger partial charge in [0.1, 0.15) is 0 Å². The van der Waals surface area contributed by atoms with Gasteiger partial charge in [-0.05, 0) is 29.7 Å². The summed E-state index contributed by atoms with van der Waals surface area (Å²) in [6.07, 6.45) is 4.82. The second-order valence-corrected chi connectivity index (χ2v) is 4.52. The first kappa shape index (κ1) is 13.3. The molecule has 2 nitrogen and oxygen atoms in total. The molecule has 0 heterocycles. The number of carboxylic acid groups (broad SMARTS) is 1. The number of hydrogen-bond acceptors (Lipinski definition) is 1. The highest BCUT2D eigenvalue weighted by Crippen LogP contribution is 2.18. The Morgan fingerprint density at radius 3 is 2.88 bits per heavy atom. The van der Waals surface area contributed by atoms with E-state index < -0.39 is 5.97 Å². The Morgan fingerprint density at radius 1 is 1.50 bits per heavy atom. The number of aliphatic carboxylic acids is 1. The Bertz CT molecular complexity index is 402. The molecule has 1 N–H and O–H groups in total. The Kier molecular flexibility index (Phi) is 5.56. The van der Waals surface area contributed by atoms with Crippen molar-refractivity contribution in [3.05, 3.63) is 40.4 Å². The Hall–Kier alpha value is -0.800. The number of carbonyl (C=O) groups is 1. The van der Waals surface area contributed by atoms with Crippen molar-refractivity contribution in [2.24, 2.45) is 0 Å². The van der Waals surface area contributed by atoms with E-state index in [-0.39, 0.29) is 6.42 Å². The van der Waals surface area contributed by atoms with Crippen LogP contribution in [0.25, 0.3) is 6.08 Å². The number of benzene rings is 1. The zero-order valence-corrected chi connectivity index (χ0v) is 11.0. The predicted octanol–water partition coefficient (Wildman–Crippen LogP) is 3.77. The molecule has 4 heteroatoms. The van der Waals surface area contributed by atoms with Gasteiger partial charge in [0.15, 0.2) is 0 Å². The molecule has 1 aromatic carbocycles. The summed E-state index contributed by atoms with van der Waals surface area (Å²) < 4.78 is 0. The number of halogens is 2. The number of carboxylic acids is 1. The number of alkyl halides is 1. The van der Waals surface area contributed by atoms with E-state index >= 15 is 0 Å². The third-order valence-electron chi connectivity index (χ3n) is 2.02. The van der Waals surface area contributed by atoms with E-state index in [1.807, 2.05) is 12.2 Å². The number of allylic oxidation sites excluding steroid dienone is 1. The number of rotatable bonds is 5. The summed E-state index contributed by atoms with van der Waals surface area (Å²) in [7, 11) is 0. The van der Waals surface area contributed by atoms with Crippen LogP contribution in [0.1, 0.15) is 17.5 Å². The van der Waals surface area contributed by atoms with E-state index in [0.717, 1.165) is 22.9 Å². The molecule has 0 aliphatic rings. The van der Waals surface area contributed by atoms with Crippen LogP contribution < -0.4 is 0 Å². The van der Waals surface area contributed by atoms with Crippen molar-refractivity contribution in [1.82, 2.24) is 0 Å². The topological polar surface area (TPSA) is 37.3 Å². The fourth-order valence-electron chi connectivity index (χ4n) is 1.32. The van der Waals surface area contributed by atoms with Gasteiger partial charge in [-0.3, -0.25) is 4.79 Å². The van der Waals surface area contributed by atoms with Crippen molar-refractivity contribution in [3.63, 3.8) is 0 Å². The summed E-state index contributed by atoms with van der Waals surface area (Å²) in [5.74, 6) is -0.836. The first-order valence-electron chi connectivity index (χ1n) is 4.86. The van der Waals surface area contributed by atoms with Crippen molar-refractivity contribution in [2.75, 3.05) is 5.33 Å². The molecule has 0 bridgehead atoms. The lowest BCUT2D eigenvalue weighted by atomic mass is 10.0. The fraction of sp³-hybridized carbons (Fsp3) is 0.250. The van der Waals surface area contributed by atoms with Crippen LogP contribution in [-0.2, 0) is 11.2 Å². The standard InChI is InChI=1S/C12H12BrClO2/c13-6-2-1-3-9-7-11(14)5-4-10(9)8-12(15)16/h1,3-5,7H,2,6,8H2,(H,15,16). The lowest BCUT2D eigenvalue weighted by Gasteiger charge is -2.04. The summed E-state index contributed by atoms with van der Waals surface area (Å²) in [4.78, 5) is 10.7. The molecule has 0 spiro atoms. The molecule has 86 valence electrons. The molecule has 0 saturated heterocycles. The van der Waals surface area contributed by atoms with Gasteiger partial charge in [-0.1, -0.05) is 45.7 Å². The van der Waals surface area contributed by atoms with Crippen molar-refractivity contribution in [1.29, 1.82) is 0 Å². The van der Waals surface area contributed by atoms with Gasteiger partial charge in [-0.2, -0.15) is 0 Å². The van der Waals surface area contributed by atoms with E-state index in [1.54, 1.807) is 18.2 Å². The molecule has 0 atom stereocenters. The van der Waals surface area contributed by atoms with Gasteiger partial charge in [-0.25, -0.2) is 0 Å². The van der Waals surface area contributed by atoms with Gasteiger partial charge in [0, 0.05) is 10.4 Å². The maximum Gasteiger partial charge on any atom is 0.307 e. The summed E-state index contributed by atoms with van der Waals surface area (Å²) in [6, 6.07) is 5.25. The molecule has 0 aromatic heterocycles. The Labute approximate surface area is 108 Å². The third-order valence-corrected chi connectivity index (χ3v) is 2.72. The largest absolute Gasteiger partial charge is 0.481 e. The van der Waals surface area contributed by atoms with E-state index in [4.69, 9.17) is 16.7 Å². The summed E-state index contributed by atoms with van der Waals surface area (Å²) in [5.41, 5.74) is 1.65. The van der Waals surface area contributed by atoms with Crippen molar-refractivity contribution < 1.29 is 9.90 Å². The van der Waals surface area contributed by atoms with Crippen LogP contribution in [0.3, 0.4) is 0 Å². The molecule has 0 aliphatic carbocycles. The van der Waals surface area contributed by atoms with Gasteiger partial charge in [0.25, 0.3) is 0 Å². The summed E-state index contributed by atoms with van der Waals surface area (Å²) in [5, 5.41) is 10.3. The van der Waals surface area contributed by atoms with Crippen LogP contribution in [0.4, 0.5) is 0 Å². The zero-order chi connectivity index (χ0) is 12.0. The highest BCUT2D eigenvalue weighted by Gasteiger charge is 2.05. The second-order valence-electron chi connectivity index (χ2n) is 3.29. The predicted molar refractivity (Wildman–Crippen MR) is 70.2 cm³/mol. The van der Waals surface area contributed by atoms with Gasteiger partial charge in [-0.15, -0.1) is 0 Å². The van der Waals surface area contributed by atoms with E-state index in [0.29, 0.717) is 5.02 Å². The molecule has 16 heavy (non-hydrogen) atoms. The molecule has 0 saturated carbocycles. The van der Waals surface area contributed by atoms with E-state index in [2.05, 4.69) is 15.9 Å². The monoisotopic (exact) mass is 302 g/mol. The van der Waals surface area contributed by atoms with Crippen LogP contribution in [0.2, 0.25) is 5.02 Å². The van der Waals surface area contributed by atoms with Gasteiger partial charge >= 0.3 is 5.97 Å². The highest BCUT2D eigenvalue weighted by molar-refractivity contribution is 9.09. The van der Waals surface area contributed by atoms with Crippen molar-refractivity contribution in [2.45, 2.75) is 12.8 Å². The normalized spacial score (nSPS) is 10.9. The lowest BCUT2D eigenvalue weighted by molar-refractivity contribution is -0.136. The molecular weight excluding hydrogens is 291 g/mol. The van der Waals surface area contributed by atoms with Crippen LogP contribution in [0.5, 0.6) is 0 Å². The molecule has 0 radical (unpaired) electrons. The Balaban J connectivity index is 2.93. The average Bonchev–Trinajstić information content (AvgIpc) is 2.22. The highest BCUT2D eigenvalue weighted by atomic mass is 79.9. The van der Waals surface area contributed by atoms with E-state index in [1.165, 1.54) is 0 Å². The maximum absolute atomic E-state index is 10.7. The maximum atomic E-state index is 10.7. The van der Waals surface area contributed by atoms with Crippen LogP contribution in [0, 0.1) is 0 Å². The SMILES string of the molecule is O=C(O)Cc1ccc(Cl)cc1C=CCCBr. The summed E-state index contributed by atoms with van der Waals surface area (Å²) in [6.45, 7) is 0. The van der Waals surface area contributed by atoms with Crippen LogP contribution in [-0.4, -0.2) is 16.4 Å². The smallest absolute Gasteiger partial charge is 0.307 e. The minimum absolute atomic E-state index is 0.0190. The number of hydrogen-bond donors (Lipinski definition) is 1. The Morgan fingerprint density at radius 2 is 2.25 bits per heavy atom. The zero-order valence-electron chi connectivity index (χ0n) is 8.62. The average molecular weight is 304 g/mol. The molecule has 1 rings (SSSR count). The molecular formula is C12H12BrClO2.